The fourth-order valence-corrected chi connectivity index (χ4v) is 1.12. The van der Waals surface area contributed by atoms with Gasteiger partial charge in [-0.05, 0) is 26.0 Å². The minimum absolute atomic E-state index is 0.218. The van der Waals surface area contributed by atoms with Gasteiger partial charge in [0, 0.05) is 5.56 Å². The molecule has 0 saturated heterocycles. The lowest BCUT2D eigenvalue weighted by Gasteiger charge is -2.09. The summed E-state index contributed by atoms with van der Waals surface area (Å²) in [5.74, 6) is 0.701. The first-order valence-corrected chi connectivity index (χ1v) is 5.02. The van der Waals surface area contributed by atoms with Crippen molar-refractivity contribution in [2.24, 2.45) is 0 Å². The number of hydrogen-bond donors (Lipinski definition) is 0. The van der Waals surface area contributed by atoms with Gasteiger partial charge in [-0.25, -0.2) is 0 Å². The van der Waals surface area contributed by atoms with E-state index in [9.17, 15) is 4.79 Å². The molecule has 0 fully saturated rings. The Hall–Kier alpha value is -1.35. The van der Waals surface area contributed by atoms with Gasteiger partial charge in [-0.15, -0.1) is 0 Å². The fraction of sp³-hybridized carbons (Fsp3) is 0.417. The van der Waals surface area contributed by atoms with Crippen molar-refractivity contribution in [3.8, 4) is 5.75 Å². The number of carbonyl (C=O) groups excluding carboxylic acids is 1. The van der Waals surface area contributed by atoms with Gasteiger partial charge in [0.25, 0.3) is 0 Å². The number of ether oxygens (including phenoxy) is 2. The van der Waals surface area contributed by atoms with E-state index in [0.717, 1.165) is 6.29 Å². The highest BCUT2D eigenvalue weighted by Crippen LogP contribution is 2.11. The Labute approximate surface area is 90.0 Å². The van der Waals surface area contributed by atoms with Crippen LogP contribution in [0.15, 0.2) is 24.3 Å². The van der Waals surface area contributed by atoms with Gasteiger partial charge in [0.05, 0.1) is 12.7 Å². The Morgan fingerprint density at radius 1 is 1.33 bits per heavy atom. The maximum atomic E-state index is 10.5. The molecule has 0 atom stereocenters. The first-order chi connectivity index (χ1) is 7.22. The van der Waals surface area contributed by atoms with Gasteiger partial charge in [0.2, 0.25) is 0 Å². The predicted octanol–water partition coefficient (Wildman–Crippen LogP) is 2.30. The first-order valence-electron chi connectivity index (χ1n) is 5.02. The number of carbonyl (C=O) groups is 1. The number of aldehydes is 1. The van der Waals surface area contributed by atoms with Gasteiger partial charge in [0.1, 0.15) is 18.6 Å². The van der Waals surface area contributed by atoms with Crippen LogP contribution in [0.5, 0.6) is 5.75 Å². The van der Waals surface area contributed by atoms with Gasteiger partial charge in [0.15, 0.2) is 0 Å². The van der Waals surface area contributed by atoms with Crippen LogP contribution in [0, 0.1) is 0 Å². The summed E-state index contributed by atoms with van der Waals surface area (Å²) < 4.78 is 10.7. The fourth-order valence-electron chi connectivity index (χ4n) is 1.12. The molecule has 15 heavy (non-hydrogen) atoms. The molecule has 0 aliphatic heterocycles. The maximum Gasteiger partial charge on any atom is 0.150 e. The lowest BCUT2D eigenvalue weighted by Crippen LogP contribution is -2.11. The van der Waals surface area contributed by atoms with Crippen LogP contribution in [0.25, 0.3) is 0 Å². The Morgan fingerprint density at radius 2 is 2.13 bits per heavy atom. The predicted molar refractivity (Wildman–Crippen MR) is 58.4 cm³/mol. The molecule has 0 N–H and O–H groups in total. The van der Waals surface area contributed by atoms with Crippen LogP contribution in [0.3, 0.4) is 0 Å². The SMILES string of the molecule is CC(C)OCCOc1cccc(C=O)c1. The highest BCUT2D eigenvalue weighted by Gasteiger charge is 1.97. The van der Waals surface area contributed by atoms with Crippen molar-refractivity contribution in [1.82, 2.24) is 0 Å². The van der Waals surface area contributed by atoms with Crippen LogP contribution < -0.4 is 4.74 Å². The van der Waals surface area contributed by atoms with E-state index in [4.69, 9.17) is 9.47 Å². The third kappa shape index (κ3) is 4.61. The normalized spacial score (nSPS) is 10.3. The molecule has 0 spiro atoms. The van der Waals surface area contributed by atoms with Crippen molar-refractivity contribution in [2.45, 2.75) is 20.0 Å². The van der Waals surface area contributed by atoms with Crippen molar-refractivity contribution >= 4 is 6.29 Å². The molecule has 1 aromatic carbocycles. The first kappa shape index (κ1) is 11.7. The average Bonchev–Trinajstić information content (AvgIpc) is 2.24. The van der Waals surface area contributed by atoms with Crippen molar-refractivity contribution in [3.63, 3.8) is 0 Å². The van der Waals surface area contributed by atoms with E-state index in [1.807, 2.05) is 19.9 Å². The third-order valence-corrected chi connectivity index (χ3v) is 1.80. The number of rotatable bonds is 6. The minimum atomic E-state index is 0.218. The van der Waals surface area contributed by atoms with Crippen LogP contribution in [-0.2, 0) is 4.74 Å². The van der Waals surface area contributed by atoms with Crippen LogP contribution in [0.4, 0.5) is 0 Å². The van der Waals surface area contributed by atoms with Gasteiger partial charge in [-0.1, -0.05) is 12.1 Å². The van der Waals surface area contributed by atoms with E-state index < -0.39 is 0 Å². The number of hydrogen-bond acceptors (Lipinski definition) is 3. The minimum Gasteiger partial charge on any atom is -0.491 e. The molecule has 0 aromatic heterocycles. The molecular formula is C12H16O3. The second-order valence-electron chi connectivity index (χ2n) is 3.46. The van der Waals surface area contributed by atoms with E-state index in [1.165, 1.54) is 0 Å². The van der Waals surface area contributed by atoms with Gasteiger partial charge in [-0.2, -0.15) is 0 Å². The van der Waals surface area contributed by atoms with E-state index in [2.05, 4.69) is 0 Å². The van der Waals surface area contributed by atoms with E-state index in [1.54, 1.807) is 18.2 Å². The average molecular weight is 208 g/mol. The topological polar surface area (TPSA) is 35.5 Å². The van der Waals surface area contributed by atoms with Crippen LogP contribution in [-0.4, -0.2) is 25.6 Å². The quantitative estimate of drug-likeness (QED) is 0.531. The van der Waals surface area contributed by atoms with E-state index in [-0.39, 0.29) is 6.10 Å². The highest BCUT2D eigenvalue weighted by molar-refractivity contribution is 5.75. The van der Waals surface area contributed by atoms with E-state index >= 15 is 0 Å². The number of benzene rings is 1. The third-order valence-electron chi connectivity index (χ3n) is 1.80. The summed E-state index contributed by atoms with van der Waals surface area (Å²) >= 11 is 0. The Kier molecular flexibility index (Phi) is 4.84. The van der Waals surface area contributed by atoms with Crippen LogP contribution in [0.2, 0.25) is 0 Å². The summed E-state index contributed by atoms with van der Waals surface area (Å²) in [5.41, 5.74) is 0.622. The molecule has 0 radical (unpaired) electrons. The van der Waals surface area contributed by atoms with Gasteiger partial charge >= 0.3 is 0 Å². The summed E-state index contributed by atoms with van der Waals surface area (Å²) in [7, 11) is 0. The van der Waals surface area contributed by atoms with Gasteiger partial charge < -0.3 is 9.47 Å². The molecule has 0 amide bonds. The Bertz CT molecular complexity index is 307. The smallest absolute Gasteiger partial charge is 0.150 e. The summed E-state index contributed by atoms with van der Waals surface area (Å²) in [5, 5.41) is 0. The molecule has 1 rings (SSSR count). The largest absolute Gasteiger partial charge is 0.491 e. The van der Waals surface area contributed by atoms with Crippen LogP contribution >= 0.6 is 0 Å². The van der Waals surface area contributed by atoms with Crippen molar-refractivity contribution in [3.05, 3.63) is 29.8 Å². The molecule has 0 unspecified atom stereocenters. The molecule has 3 heteroatoms. The summed E-state index contributed by atoms with van der Waals surface area (Å²) in [6.07, 6.45) is 1.02. The molecule has 0 aliphatic carbocycles. The summed E-state index contributed by atoms with van der Waals surface area (Å²) in [4.78, 5) is 10.5. The second kappa shape index (κ2) is 6.19. The molecule has 3 nitrogen and oxygen atoms in total. The zero-order chi connectivity index (χ0) is 11.1. The van der Waals surface area contributed by atoms with Crippen molar-refractivity contribution in [2.75, 3.05) is 13.2 Å². The Morgan fingerprint density at radius 3 is 2.80 bits per heavy atom. The van der Waals surface area contributed by atoms with Crippen LogP contribution in [0.1, 0.15) is 24.2 Å². The standard InChI is InChI=1S/C12H16O3/c1-10(2)14-6-7-15-12-5-3-4-11(8-12)9-13/h3-5,8-10H,6-7H2,1-2H3. The summed E-state index contributed by atoms with van der Waals surface area (Å²) in [6, 6.07) is 7.07. The molecule has 0 bridgehead atoms. The summed E-state index contributed by atoms with van der Waals surface area (Å²) in [6.45, 7) is 5.02. The maximum absolute atomic E-state index is 10.5. The molecular weight excluding hydrogens is 192 g/mol. The lowest BCUT2D eigenvalue weighted by atomic mass is 10.2. The molecule has 0 aliphatic rings. The van der Waals surface area contributed by atoms with Gasteiger partial charge in [-0.3, -0.25) is 4.79 Å². The molecule has 1 aromatic rings. The van der Waals surface area contributed by atoms with Crippen molar-refractivity contribution < 1.29 is 14.3 Å². The zero-order valence-electron chi connectivity index (χ0n) is 9.10. The Balaban J connectivity index is 2.34. The molecule has 0 heterocycles. The zero-order valence-corrected chi connectivity index (χ0v) is 9.10. The molecule has 0 saturated carbocycles. The van der Waals surface area contributed by atoms with Crippen molar-refractivity contribution in [1.29, 1.82) is 0 Å². The lowest BCUT2D eigenvalue weighted by molar-refractivity contribution is 0.0552. The second-order valence-corrected chi connectivity index (χ2v) is 3.46. The monoisotopic (exact) mass is 208 g/mol. The van der Waals surface area contributed by atoms with E-state index in [0.29, 0.717) is 24.5 Å². The highest BCUT2D eigenvalue weighted by atomic mass is 16.5. The molecule has 82 valence electrons.